The average Bonchev–Trinajstić information content (AvgIpc) is 3.06. The number of aromatic nitrogens is 2. The van der Waals surface area contributed by atoms with Crippen molar-refractivity contribution in [2.75, 3.05) is 33.9 Å². The highest BCUT2D eigenvalue weighted by molar-refractivity contribution is 7.95. The first kappa shape index (κ1) is 22.6. The molecule has 2 heterocycles. The molecule has 0 saturated carbocycles. The second-order valence-corrected chi connectivity index (χ2v) is 8.11. The highest BCUT2D eigenvalue weighted by Gasteiger charge is 2.37. The summed E-state index contributed by atoms with van der Waals surface area (Å²) in [6.45, 7) is 3.80. The molecule has 0 bridgehead atoms. The minimum Gasteiger partial charge on any atom is -0.462 e. The first-order valence-corrected chi connectivity index (χ1v) is 10.3. The number of carbonyl (C=O) groups is 1. The van der Waals surface area contributed by atoms with Crippen LogP contribution in [0.5, 0.6) is 6.01 Å². The Morgan fingerprint density at radius 1 is 1.41 bits per heavy atom. The molecule has 1 aromatic heterocycles. The molecule has 13 heteroatoms. The van der Waals surface area contributed by atoms with E-state index >= 15 is 0 Å². The van der Waals surface area contributed by atoms with Crippen molar-refractivity contribution in [2.45, 2.75) is 26.5 Å². The lowest BCUT2D eigenvalue weighted by Crippen LogP contribution is -2.37. The number of rotatable bonds is 9. The molecule has 1 aliphatic heterocycles. The standard InChI is InChI=1S/C16H26N6O6S/c1-5-27-15(24)13-12(17)14(21-29(13,25)26)18-6-10(23)8-28-16-19-9(2)11(20-16)7-22(3)4/h10,23H,5-8,17H2,1-4H3,(H,18,21)(H,19,20). The summed E-state index contributed by atoms with van der Waals surface area (Å²) in [5.74, 6) is -1.30. The number of hydrogen-bond acceptors (Lipinski definition) is 10. The van der Waals surface area contributed by atoms with Gasteiger partial charge in [-0.25, -0.2) is 9.78 Å². The number of ether oxygens (including phenoxy) is 2. The predicted octanol–water partition coefficient (Wildman–Crippen LogP) is -1.42. The van der Waals surface area contributed by atoms with Gasteiger partial charge in [-0.15, -0.1) is 4.40 Å². The number of nitrogens with two attached hydrogens (primary N) is 1. The fourth-order valence-electron chi connectivity index (χ4n) is 2.46. The van der Waals surface area contributed by atoms with Crippen molar-refractivity contribution in [1.82, 2.24) is 20.2 Å². The van der Waals surface area contributed by atoms with E-state index in [0.717, 1.165) is 11.4 Å². The number of imidazole rings is 1. The second-order valence-electron chi connectivity index (χ2n) is 6.57. The third-order valence-electron chi connectivity index (χ3n) is 3.79. The molecular weight excluding hydrogens is 404 g/mol. The summed E-state index contributed by atoms with van der Waals surface area (Å²) < 4.78 is 37.5. The van der Waals surface area contributed by atoms with E-state index in [2.05, 4.69) is 24.4 Å². The monoisotopic (exact) mass is 430 g/mol. The highest BCUT2D eigenvalue weighted by Crippen LogP contribution is 2.21. The Kier molecular flexibility index (Phi) is 7.21. The number of amidine groups is 1. The third-order valence-corrected chi connectivity index (χ3v) is 5.11. The van der Waals surface area contributed by atoms with E-state index in [-0.39, 0.29) is 37.3 Å². The number of sulfonamides is 1. The molecule has 162 valence electrons. The molecule has 29 heavy (non-hydrogen) atoms. The van der Waals surface area contributed by atoms with Gasteiger partial charge in [-0.05, 0) is 27.9 Å². The number of hydrogen-bond donors (Lipinski definition) is 4. The van der Waals surface area contributed by atoms with Gasteiger partial charge in [0.05, 0.1) is 18.0 Å². The smallest absolute Gasteiger partial charge is 0.354 e. The van der Waals surface area contributed by atoms with Crippen LogP contribution >= 0.6 is 0 Å². The highest BCUT2D eigenvalue weighted by atomic mass is 32.2. The lowest BCUT2D eigenvalue weighted by atomic mass is 10.3. The molecule has 0 saturated heterocycles. The van der Waals surface area contributed by atoms with Gasteiger partial charge in [0, 0.05) is 13.1 Å². The van der Waals surface area contributed by atoms with Crippen molar-refractivity contribution in [3.63, 3.8) is 0 Å². The predicted molar refractivity (Wildman–Crippen MR) is 104 cm³/mol. The minimum absolute atomic E-state index is 0.00748. The fraction of sp³-hybridized carbons (Fsp3) is 0.562. The summed E-state index contributed by atoms with van der Waals surface area (Å²) in [5.41, 5.74) is 7.04. The maximum Gasteiger partial charge on any atom is 0.354 e. The Hall–Kier alpha value is -2.64. The first-order valence-electron chi connectivity index (χ1n) is 8.82. The van der Waals surface area contributed by atoms with Crippen LogP contribution in [0.15, 0.2) is 15.0 Å². The maximum atomic E-state index is 12.0. The third kappa shape index (κ3) is 5.68. The van der Waals surface area contributed by atoms with Crippen LogP contribution < -0.4 is 15.8 Å². The van der Waals surface area contributed by atoms with Crippen molar-refractivity contribution in [1.29, 1.82) is 0 Å². The molecule has 0 spiro atoms. The van der Waals surface area contributed by atoms with Crippen molar-refractivity contribution < 1.29 is 27.8 Å². The number of nitrogens with one attached hydrogen (secondary N) is 2. The van der Waals surface area contributed by atoms with Gasteiger partial charge in [0.1, 0.15) is 18.4 Å². The lowest BCUT2D eigenvalue weighted by Gasteiger charge is -2.13. The Morgan fingerprint density at radius 3 is 2.72 bits per heavy atom. The molecule has 0 fully saturated rings. The van der Waals surface area contributed by atoms with Crippen LogP contribution in [0.4, 0.5) is 0 Å². The van der Waals surface area contributed by atoms with E-state index in [9.17, 15) is 18.3 Å². The maximum absolute atomic E-state index is 12.0. The molecule has 1 aromatic rings. The number of nitrogens with zero attached hydrogens (tertiary/aromatic N) is 3. The van der Waals surface area contributed by atoms with Crippen LogP contribution in [0.1, 0.15) is 18.3 Å². The summed E-state index contributed by atoms with van der Waals surface area (Å²) in [6.07, 6.45) is -1.03. The summed E-state index contributed by atoms with van der Waals surface area (Å²) in [4.78, 5) is 20.3. The van der Waals surface area contributed by atoms with Gasteiger partial charge in [-0.2, -0.15) is 8.42 Å². The van der Waals surface area contributed by atoms with Crippen LogP contribution in [0.25, 0.3) is 0 Å². The van der Waals surface area contributed by atoms with Gasteiger partial charge in [-0.3, -0.25) is 0 Å². The molecule has 1 atom stereocenters. The van der Waals surface area contributed by atoms with E-state index in [1.165, 1.54) is 6.92 Å². The molecule has 1 aliphatic rings. The van der Waals surface area contributed by atoms with Crippen molar-refractivity contribution in [3.8, 4) is 6.01 Å². The zero-order valence-corrected chi connectivity index (χ0v) is 17.5. The van der Waals surface area contributed by atoms with Crippen LogP contribution in [-0.4, -0.2) is 80.2 Å². The number of aromatic amines is 1. The van der Waals surface area contributed by atoms with E-state index < -0.39 is 27.0 Å². The van der Waals surface area contributed by atoms with E-state index in [1.54, 1.807) is 0 Å². The van der Waals surface area contributed by atoms with Gasteiger partial charge < -0.3 is 35.5 Å². The summed E-state index contributed by atoms with van der Waals surface area (Å²) in [6, 6.07) is 0.267. The molecule has 0 radical (unpaired) electrons. The van der Waals surface area contributed by atoms with Gasteiger partial charge in [0.2, 0.25) is 4.91 Å². The van der Waals surface area contributed by atoms with Crippen molar-refractivity contribution in [2.24, 2.45) is 10.1 Å². The van der Waals surface area contributed by atoms with Crippen LogP contribution in [0, 0.1) is 6.92 Å². The molecule has 12 nitrogen and oxygen atoms in total. The Bertz CT molecular complexity index is 920. The van der Waals surface area contributed by atoms with Gasteiger partial charge in [0.25, 0.3) is 16.0 Å². The zero-order valence-electron chi connectivity index (χ0n) is 16.7. The molecular formula is C16H26N6O6S. The average molecular weight is 430 g/mol. The molecule has 0 aromatic carbocycles. The minimum atomic E-state index is -4.25. The summed E-state index contributed by atoms with van der Waals surface area (Å²) >= 11 is 0. The van der Waals surface area contributed by atoms with Gasteiger partial charge in [0.15, 0.2) is 5.84 Å². The zero-order chi connectivity index (χ0) is 21.8. The Labute approximate surface area is 168 Å². The largest absolute Gasteiger partial charge is 0.462 e. The number of H-pyrrole nitrogens is 1. The first-order chi connectivity index (χ1) is 13.5. The Balaban J connectivity index is 1.92. The molecule has 0 amide bonds. The molecule has 1 unspecified atom stereocenters. The van der Waals surface area contributed by atoms with E-state index in [1.807, 2.05) is 25.9 Å². The number of aryl methyl sites for hydroxylation is 1. The molecule has 0 aliphatic carbocycles. The fourth-order valence-corrected chi connectivity index (χ4v) is 3.59. The Morgan fingerprint density at radius 2 is 2.10 bits per heavy atom. The number of aliphatic hydroxyl groups excluding tert-OH is 1. The number of carbonyl (C=O) groups excluding carboxylic acids is 1. The summed E-state index contributed by atoms with van der Waals surface area (Å²) in [5, 5.41) is 12.7. The summed E-state index contributed by atoms with van der Waals surface area (Å²) in [7, 11) is -0.396. The van der Waals surface area contributed by atoms with E-state index in [0.29, 0.717) is 6.54 Å². The molecule has 5 N–H and O–H groups in total. The lowest BCUT2D eigenvalue weighted by molar-refractivity contribution is -0.137. The van der Waals surface area contributed by atoms with Crippen LogP contribution in [0.2, 0.25) is 0 Å². The van der Waals surface area contributed by atoms with E-state index in [4.69, 9.17) is 10.5 Å². The SMILES string of the molecule is CCOC(=O)C1=C(N)C(NCC(O)COc2nc(C)c(CN(C)C)[nH]2)=NS1(=O)=O. The van der Waals surface area contributed by atoms with Crippen molar-refractivity contribution in [3.05, 3.63) is 22.0 Å². The van der Waals surface area contributed by atoms with Gasteiger partial charge in [-0.1, -0.05) is 0 Å². The van der Waals surface area contributed by atoms with Crippen LogP contribution in [0.3, 0.4) is 0 Å². The topological polar surface area (TPSA) is 172 Å². The number of aliphatic hydroxyl groups is 1. The van der Waals surface area contributed by atoms with Crippen molar-refractivity contribution >= 4 is 21.8 Å². The second kappa shape index (κ2) is 9.24. The molecule has 2 rings (SSSR count). The van der Waals surface area contributed by atoms with Gasteiger partial charge >= 0.3 is 5.97 Å². The number of esters is 1. The quantitative estimate of drug-likeness (QED) is 0.341. The van der Waals surface area contributed by atoms with Crippen LogP contribution in [-0.2, 0) is 26.1 Å². The normalized spacial score (nSPS) is 16.7.